The zero-order valence-corrected chi connectivity index (χ0v) is 12.6. The molecule has 1 heterocycles. The number of hydrogen-bond acceptors (Lipinski definition) is 3. The number of amides is 1. The number of carbonyl (C=O) groups excluding carboxylic acids is 1. The van der Waals surface area contributed by atoms with Gasteiger partial charge < -0.3 is 11.1 Å². The zero-order chi connectivity index (χ0) is 13.7. The molecule has 0 aliphatic carbocycles. The van der Waals surface area contributed by atoms with Crippen LogP contribution >= 0.6 is 15.9 Å². The highest BCUT2D eigenvalue weighted by molar-refractivity contribution is 9.10. The van der Waals surface area contributed by atoms with Gasteiger partial charge in [-0.05, 0) is 47.7 Å². The van der Waals surface area contributed by atoms with Gasteiger partial charge in [0.15, 0.2) is 0 Å². The molecule has 1 atom stereocenters. The van der Waals surface area contributed by atoms with Crippen molar-refractivity contribution < 1.29 is 4.79 Å². The minimum Gasteiger partial charge on any atom is -0.383 e. The van der Waals surface area contributed by atoms with Crippen molar-refractivity contribution in [1.82, 2.24) is 10.3 Å². The van der Waals surface area contributed by atoms with E-state index in [0.29, 0.717) is 11.5 Å². The smallest absolute Gasteiger partial charge is 0.255 e. The summed E-state index contributed by atoms with van der Waals surface area (Å²) in [7, 11) is 0. The molecule has 0 spiro atoms. The Bertz CT molecular complexity index is 421. The van der Waals surface area contributed by atoms with Crippen LogP contribution in [-0.2, 0) is 0 Å². The van der Waals surface area contributed by atoms with Crippen molar-refractivity contribution in [3.63, 3.8) is 0 Å². The van der Waals surface area contributed by atoms with Gasteiger partial charge in [0.05, 0.1) is 5.56 Å². The fraction of sp³-hybridized carbons (Fsp3) is 0.538. The largest absolute Gasteiger partial charge is 0.383 e. The van der Waals surface area contributed by atoms with Crippen LogP contribution in [-0.4, -0.2) is 16.9 Å². The lowest BCUT2D eigenvalue weighted by atomic mass is 10.0. The molecule has 0 aliphatic rings. The third-order valence-corrected chi connectivity index (χ3v) is 3.12. The highest BCUT2D eigenvalue weighted by Crippen LogP contribution is 2.16. The normalized spacial score (nSPS) is 12.5. The molecule has 0 radical (unpaired) electrons. The molecule has 4 nitrogen and oxygen atoms in total. The van der Waals surface area contributed by atoms with Gasteiger partial charge in [0, 0.05) is 16.7 Å². The van der Waals surface area contributed by atoms with E-state index in [1.54, 1.807) is 12.3 Å². The van der Waals surface area contributed by atoms with Crippen molar-refractivity contribution in [3.8, 4) is 0 Å². The molecule has 1 aromatic heterocycles. The van der Waals surface area contributed by atoms with Gasteiger partial charge in [0.2, 0.25) is 0 Å². The zero-order valence-electron chi connectivity index (χ0n) is 11.0. The van der Waals surface area contributed by atoms with Crippen molar-refractivity contribution >= 4 is 27.7 Å². The van der Waals surface area contributed by atoms with Crippen molar-refractivity contribution in [2.45, 2.75) is 39.7 Å². The Morgan fingerprint density at radius 1 is 1.44 bits per heavy atom. The molecule has 3 N–H and O–H groups in total. The van der Waals surface area contributed by atoms with Crippen LogP contribution in [0.2, 0.25) is 0 Å². The summed E-state index contributed by atoms with van der Waals surface area (Å²) in [6.45, 7) is 6.34. The number of hydrogen-bond donors (Lipinski definition) is 2. The molecule has 0 saturated heterocycles. The van der Waals surface area contributed by atoms with Crippen LogP contribution < -0.4 is 11.1 Å². The molecule has 0 saturated carbocycles. The molecule has 1 unspecified atom stereocenters. The fourth-order valence-corrected chi connectivity index (χ4v) is 1.92. The summed E-state index contributed by atoms with van der Waals surface area (Å²) < 4.78 is 0.747. The first-order valence-corrected chi connectivity index (χ1v) is 6.91. The summed E-state index contributed by atoms with van der Waals surface area (Å²) >= 11 is 3.28. The van der Waals surface area contributed by atoms with Gasteiger partial charge in [-0.2, -0.15) is 0 Å². The van der Waals surface area contributed by atoms with E-state index in [4.69, 9.17) is 5.73 Å². The standard InChI is InChI=1S/C13H20BrN3O/c1-8(2)4-5-9(3)17-13(18)11-6-10(14)7-16-12(11)15/h6-9H,4-5H2,1-3H3,(H2,15,16)(H,17,18). The van der Waals surface area contributed by atoms with Gasteiger partial charge in [-0.25, -0.2) is 4.98 Å². The average Bonchev–Trinajstić information content (AvgIpc) is 2.29. The Hall–Kier alpha value is -1.10. The highest BCUT2D eigenvalue weighted by Gasteiger charge is 2.14. The monoisotopic (exact) mass is 313 g/mol. The Labute approximate surface area is 116 Å². The van der Waals surface area contributed by atoms with E-state index in [2.05, 4.69) is 40.1 Å². The molecule has 5 heteroatoms. The summed E-state index contributed by atoms with van der Waals surface area (Å²) in [6.07, 6.45) is 3.63. The number of nitrogens with two attached hydrogens (primary N) is 1. The second-order valence-corrected chi connectivity index (χ2v) is 5.85. The molecule has 0 aliphatic heterocycles. The van der Waals surface area contributed by atoms with Gasteiger partial charge >= 0.3 is 0 Å². The molecule has 1 aromatic rings. The van der Waals surface area contributed by atoms with E-state index in [1.807, 2.05) is 6.92 Å². The van der Waals surface area contributed by atoms with Crippen LogP contribution in [0.5, 0.6) is 0 Å². The summed E-state index contributed by atoms with van der Waals surface area (Å²) in [5.74, 6) is 0.728. The fourth-order valence-electron chi connectivity index (χ4n) is 1.59. The first-order valence-electron chi connectivity index (χ1n) is 6.12. The average molecular weight is 314 g/mol. The first-order chi connectivity index (χ1) is 8.40. The second-order valence-electron chi connectivity index (χ2n) is 4.93. The van der Waals surface area contributed by atoms with E-state index in [1.165, 1.54) is 0 Å². The maximum atomic E-state index is 12.0. The van der Waals surface area contributed by atoms with Crippen LogP contribution in [0.1, 0.15) is 44.0 Å². The van der Waals surface area contributed by atoms with E-state index < -0.39 is 0 Å². The minimum absolute atomic E-state index is 0.137. The number of halogens is 1. The summed E-state index contributed by atoms with van der Waals surface area (Å²) in [5.41, 5.74) is 6.11. The SMILES string of the molecule is CC(C)CCC(C)NC(=O)c1cc(Br)cnc1N. The predicted molar refractivity (Wildman–Crippen MR) is 77.3 cm³/mol. The Balaban J connectivity index is 2.62. The lowest BCUT2D eigenvalue weighted by Crippen LogP contribution is -2.33. The Morgan fingerprint density at radius 2 is 2.11 bits per heavy atom. The van der Waals surface area contributed by atoms with Gasteiger partial charge in [-0.3, -0.25) is 4.79 Å². The van der Waals surface area contributed by atoms with Gasteiger partial charge in [0.1, 0.15) is 5.82 Å². The molecule has 100 valence electrons. The number of rotatable bonds is 5. The maximum Gasteiger partial charge on any atom is 0.255 e. The lowest BCUT2D eigenvalue weighted by molar-refractivity contribution is 0.0938. The number of nitrogens with zero attached hydrogens (tertiary/aromatic N) is 1. The minimum atomic E-state index is -0.169. The summed E-state index contributed by atoms with van der Waals surface area (Å²) in [4.78, 5) is 16.0. The molecule has 1 amide bonds. The molecular weight excluding hydrogens is 294 g/mol. The third-order valence-electron chi connectivity index (χ3n) is 2.68. The molecule has 1 rings (SSSR count). The van der Waals surface area contributed by atoms with Crippen LogP contribution in [0.25, 0.3) is 0 Å². The van der Waals surface area contributed by atoms with Crippen LogP contribution in [0.4, 0.5) is 5.82 Å². The lowest BCUT2D eigenvalue weighted by Gasteiger charge is -2.15. The quantitative estimate of drug-likeness (QED) is 0.878. The van der Waals surface area contributed by atoms with Gasteiger partial charge in [-0.1, -0.05) is 13.8 Å². The van der Waals surface area contributed by atoms with Crippen molar-refractivity contribution in [3.05, 3.63) is 22.3 Å². The summed E-state index contributed by atoms with van der Waals surface area (Å²) in [6, 6.07) is 1.82. The van der Waals surface area contributed by atoms with Gasteiger partial charge in [0.25, 0.3) is 5.91 Å². The Kier molecular flexibility index (Phi) is 5.59. The molecule has 0 bridgehead atoms. The van der Waals surface area contributed by atoms with E-state index in [9.17, 15) is 4.79 Å². The molecule has 18 heavy (non-hydrogen) atoms. The number of anilines is 1. The second kappa shape index (κ2) is 6.73. The highest BCUT2D eigenvalue weighted by atomic mass is 79.9. The number of nitrogens with one attached hydrogen (secondary N) is 1. The van der Waals surface area contributed by atoms with E-state index in [0.717, 1.165) is 17.3 Å². The Morgan fingerprint density at radius 3 is 2.72 bits per heavy atom. The first kappa shape index (κ1) is 15.0. The topological polar surface area (TPSA) is 68.0 Å². The van der Waals surface area contributed by atoms with Crippen molar-refractivity contribution in [1.29, 1.82) is 0 Å². The van der Waals surface area contributed by atoms with E-state index in [-0.39, 0.29) is 17.8 Å². The maximum absolute atomic E-state index is 12.0. The third kappa shape index (κ3) is 4.64. The van der Waals surface area contributed by atoms with Crippen molar-refractivity contribution in [2.24, 2.45) is 5.92 Å². The number of pyridine rings is 1. The van der Waals surface area contributed by atoms with Crippen molar-refractivity contribution in [2.75, 3.05) is 5.73 Å². The van der Waals surface area contributed by atoms with Crippen LogP contribution in [0.3, 0.4) is 0 Å². The van der Waals surface area contributed by atoms with E-state index >= 15 is 0 Å². The summed E-state index contributed by atoms with van der Waals surface area (Å²) in [5, 5.41) is 2.94. The van der Waals surface area contributed by atoms with Crippen LogP contribution in [0.15, 0.2) is 16.7 Å². The van der Waals surface area contributed by atoms with Gasteiger partial charge in [-0.15, -0.1) is 0 Å². The molecule has 0 fully saturated rings. The predicted octanol–water partition coefficient (Wildman–Crippen LogP) is 2.98. The number of nitrogen functional groups attached to an aromatic ring is 1. The molecular formula is C13H20BrN3O. The molecule has 0 aromatic carbocycles. The number of carbonyl (C=O) groups is 1. The van der Waals surface area contributed by atoms with Crippen LogP contribution in [0, 0.1) is 5.92 Å². The number of aromatic nitrogens is 1.